The molecule has 2 aromatic rings. The Morgan fingerprint density at radius 2 is 1.24 bits per heavy atom. The van der Waals surface area contributed by atoms with Gasteiger partial charge in [-0.05, 0) is 27.8 Å². The maximum absolute atomic E-state index is 2.65. The summed E-state index contributed by atoms with van der Waals surface area (Å²) in [6.07, 6.45) is 5.86. The summed E-state index contributed by atoms with van der Waals surface area (Å²) in [5.74, 6) is 0. The van der Waals surface area contributed by atoms with Gasteiger partial charge in [-0.15, -0.1) is 0 Å². The predicted molar refractivity (Wildman–Crippen MR) is 93.4 cm³/mol. The second-order valence-electron chi connectivity index (χ2n) is 7.41. The minimum atomic E-state index is -1.34. The third-order valence-corrected chi connectivity index (χ3v) is 10.8. The smallest absolute Gasteiger partial charge is 0.0635 e. The molecule has 0 N–H and O–H groups in total. The number of benzene rings is 2. The van der Waals surface area contributed by atoms with E-state index in [4.69, 9.17) is 0 Å². The summed E-state index contributed by atoms with van der Waals surface area (Å²) < 4.78 is 0. The molecule has 4 rings (SSSR count). The van der Waals surface area contributed by atoms with Crippen LogP contribution in [-0.4, -0.2) is 8.07 Å². The van der Waals surface area contributed by atoms with Gasteiger partial charge in [-0.2, -0.15) is 0 Å². The van der Waals surface area contributed by atoms with E-state index in [2.05, 4.69) is 61.6 Å². The summed E-state index contributed by atoms with van der Waals surface area (Å²) in [6.45, 7) is 5.29. The average Bonchev–Trinajstić information content (AvgIpc) is 3.14. The van der Waals surface area contributed by atoms with Crippen molar-refractivity contribution >= 4 is 8.07 Å². The molecule has 2 aliphatic carbocycles. The van der Waals surface area contributed by atoms with Crippen LogP contribution in [-0.2, 0) is 0 Å². The van der Waals surface area contributed by atoms with Gasteiger partial charge in [0.15, 0.2) is 0 Å². The lowest BCUT2D eigenvalue weighted by Gasteiger charge is -2.37. The molecule has 108 valence electrons. The topological polar surface area (TPSA) is 0 Å². The molecule has 0 nitrogen and oxygen atoms in total. The summed E-state index contributed by atoms with van der Waals surface area (Å²) in [7, 11) is -1.34. The van der Waals surface area contributed by atoms with Crippen molar-refractivity contribution < 1.29 is 0 Å². The first-order valence-electron chi connectivity index (χ1n) is 8.38. The Balaban J connectivity index is 1.88. The molecule has 0 aromatic heterocycles. The third kappa shape index (κ3) is 1.94. The van der Waals surface area contributed by atoms with E-state index in [9.17, 15) is 0 Å². The van der Waals surface area contributed by atoms with Crippen molar-refractivity contribution in [1.29, 1.82) is 0 Å². The van der Waals surface area contributed by atoms with Crippen LogP contribution in [0.2, 0.25) is 18.6 Å². The summed E-state index contributed by atoms with van der Waals surface area (Å²) in [5, 5.41) is 0. The van der Waals surface area contributed by atoms with Crippen molar-refractivity contribution in [3.05, 3.63) is 59.7 Å². The number of rotatable bonds is 2. The Kier molecular flexibility index (Phi) is 3.07. The van der Waals surface area contributed by atoms with Gasteiger partial charge in [0.2, 0.25) is 0 Å². The number of hydrogen-bond acceptors (Lipinski definition) is 0. The van der Waals surface area contributed by atoms with E-state index in [1.54, 1.807) is 11.1 Å². The van der Waals surface area contributed by atoms with Gasteiger partial charge in [0.25, 0.3) is 0 Å². The average molecular weight is 292 g/mol. The number of hydrogen-bond donors (Lipinski definition) is 0. The first kappa shape index (κ1) is 13.3. The first-order valence-corrected chi connectivity index (χ1v) is 11.5. The third-order valence-electron chi connectivity index (χ3n) is 5.99. The van der Waals surface area contributed by atoms with Gasteiger partial charge in [-0.1, -0.05) is 87.3 Å². The summed E-state index contributed by atoms with van der Waals surface area (Å²) in [6, 6.07) is 18.3. The van der Waals surface area contributed by atoms with E-state index in [1.165, 1.54) is 36.8 Å². The van der Waals surface area contributed by atoms with E-state index in [0.29, 0.717) is 5.54 Å². The molecule has 0 saturated heterocycles. The van der Waals surface area contributed by atoms with Crippen LogP contribution in [0.4, 0.5) is 0 Å². The SMILES string of the molecule is C[Si](C)(C1CCCC1)C1c2ccccc2-c2ccccc21. The molecule has 0 heterocycles. The van der Waals surface area contributed by atoms with Crippen LogP contribution in [0, 0.1) is 0 Å². The van der Waals surface area contributed by atoms with Gasteiger partial charge < -0.3 is 0 Å². The van der Waals surface area contributed by atoms with Crippen molar-refractivity contribution in [3.8, 4) is 11.1 Å². The maximum atomic E-state index is 2.65. The van der Waals surface area contributed by atoms with E-state index in [-0.39, 0.29) is 0 Å². The second-order valence-corrected chi connectivity index (χ2v) is 12.4. The Morgan fingerprint density at radius 1 is 0.762 bits per heavy atom. The highest BCUT2D eigenvalue weighted by atomic mass is 28.3. The molecule has 1 fully saturated rings. The highest BCUT2D eigenvalue weighted by Gasteiger charge is 2.45. The molecule has 0 amide bonds. The maximum Gasteiger partial charge on any atom is 0.0635 e. The lowest BCUT2D eigenvalue weighted by atomic mass is 10.1. The number of fused-ring (bicyclic) bond motifs is 3. The second kappa shape index (κ2) is 4.84. The summed E-state index contributed by atoms with van der Waals surface area (Å²) >= 11 is 0. The van der Waals surface area contributed by atoms with Crippen LogP contribution in [0.5, 0.6) is 0 Å². The van der Waals surface area contributed by atoms with E-state index >= 15 is 0 Å². The van der Waals surface area contributed by atoms with Gasteiger partial charge in [-0.25, -0.2) is 0 Å². The normalized spacial score (nSPS) is 18.8. The molecule has 1 saturated carbocycles. The quantitative estimate of drug-likeness (QED) is 0.596. The first-order chi connectivity index (χ1) is 10.2. The van der Waals surface area contributed by atoms with Crippen molar-refractivity contribution in [1.82, 2.24) is 0 Å². The molecule has 2 aliphatic rings. The molecule has 2 aromatic carbocycles. The van der Waals surface area contributed by atoms with E-state index in [0.717, 1.165) is 5.54 Å². The van der Waals surface area contributed by atoms with Gasteiger partial charge in [0, 0.05) is 5.54 Å². The minimum Gasteiger partial charge on any atom is -0.0684 e. The van der Waals surface area contributed by atoms with Crippen LogP contribution >= 0.6 is 0 Å². The highest BCUT2D eigenvalue weighted by molar-refractivity contribution is 6.81. The highest BCUT2D eigenvalue weighted by Crippen LogP contribution is 2.54. The van der Waals surface area contributed by atoms with Crippen LogP contribution in [0.1, 0.15) is 42.4 Å². The summed E-state index contributed by atoms with van der Waals surface area (Å²) in [4.78, 5) is 0. The Morgan fingerprint density at radius 3 is 1.76 bits per heavy atom. The zero-order chi connectivity index (χ0) is 14.4. The lowest BCUT2D eigenvalue weighted by Crippen LogP contribution is -2.39. The minimum absolute atomic E-state index is 0.702. The van der Waals surface area contributed by atoms with Crippen molar-refractivity contribution in [2.45, 2.75) is 49.9 Å². The zero-order valence-electron chi connectivity index (χ0n) is 13.1. The van der Waals surface area contributed by atoms with Gasteiger partial charge in [0.05, 0.1) is 8.07 Å². The molecule has 1 heteroatoms. The molecule has 0 spiro atoms. The molecule has 0 aliphatic heterocycles. The molecule has 0 unspecified atom stereocenters. The largest absolute Gasteiger partial charge is 0.0684 e. The fourth-order valence-corrected chi connectivity index (χ4v) is 9.34. The van der Waals surface area contributed by atoms with Gasteiger partial charge in [0.1, 0.15) is 0 Å². The molecule has 0 bridgehead atoms. The molecular formula is C20H24Si. The standard InChI is InChI=1S/C20H24Si/c1-21(2,15-9-3-4-10-15)20-18-13-7-5-11-16(18)17-12-6-8-14-19(17)20/h5-8,11-15,20H,3-4,9-10H2,1-2H3. The monoisotopic (exact) mass is 292 g/mol. The summed E-state index contributed by atoms with van der Waals surface area (Å²) in [5.41, 5.74) is 7.92. The van der Waals surface area contributed by atoms with Crippen LogP contribution in [0.15, 0.2) is 48.5 Å². The van der Waals surface area contributed by atoms with Crippen LogP contribution in [0.3, 0.4) is 0 Å². The predicted octanol–water partition coefficient (Wildman–Crippen LogP) is 5.99. The zero-order valence-corrected chi connectivity index (χ0v) is 14.1. The van der Waals surface area contributed by atoms with E-state index < -0.39 is 8.07 Å². The Hall–Kier alpha value is -1.34. The fraction of sp³-hybridized carbons (Fsp3) is 0.400. The van der Waals surface area contributed by atoms with Gasteiger partial charge in [-0.3, -0.25) is 0 Å². The van der Waals surface area contributed by atoms with Crippen LogP contribution in [0.25, 0.3) is 11.1 Å². The Labute approximate surface area is 129 Å². The Bertz CT molecular complexity index is 620. The molecular weight excluding hydrogens is 268 g/mol. The fourth-order valence-electron chi connectivity index (χ4n) is 4.86. The van der Waals surface area contributed by atoms with Crippen LogP contribution < -0.4 is 0 Å². The molecule has 21 heavy (non-hydrogen) atoms. The van der Waals surface area contributed by atoms with Crippen molar-refractivity contribution in [2.24, 2.45) is 0 Å². The molecule has 0 atom stereocenters. The van der Waals surface area contributed by atoms with Crippen molar-refractivity contribution in [3.63, 3.8) is 0 Å². The molecule has 0 radical (unpaired) electrons. The van der Waals surface area contributed by atoms with E-state index in [1.807, 2.05) is 0 Å². The lowest BCUT2D eigenvalue weighted by molar-refractivity contribution is 0.812. The van der Waals surface area contributed by atoms with Crippen molar-refractivity contribution in [2.75, 3.05) is 0 Å². The van der Waals surface area contributed by atoms with Gasteiger partial charge >= 0.3 is 0 Å².